The van der Waals surface area contributed by atoms with Crippen molar-refractivity contribution in [1.29, 1.82) is 0 Å². The molecule has 0 saturated heterocycles. The molecule has 0 spiro atoms. The molecule has 0 aliphatic heterocycles. The number of fused-ring (bicyclic) bond motifs is 1. The number of nitrogens with one attached hydrogen (secondary N) is 1. The number of carbonyl (C=O) groups is 2. The minimum absolute atomic E-state index is 0.273. The van der Waals surface area contributed by atoms with E-state index in [2.05, 4.69) is 5.32 Å². The molecule has 1 amide bonds. The second-order valence-electron chi connectivity index (χ2n) is 5.55. The Morgan fingerprint density at radius 3 is 2.57 bits per heavy atom. The second kappa shape index (κ2) is 5.48. The molecular weight excluding hydrogens is 286 g/mol. The maximum atomic E-state index is 12.5. The topological polar surface area (TPSA) is 66.4 Å². The number of hydrogen-bond donors (Lipinski definition) is 2. The SMILES string of the molecule is O=C(NC1(C(=O)O)CCCCC1)c1scc2ccccc12. The molecule has 0 bridgehead atoms. The van der Waals surface area contributed by atoms with E-state index in [4.69, 9.17) is 0 Å². The Morgan fingerprint density at radius 1 is 1.14 bits per heavy atom. The first-order chi connectivity index (χ1) is 10.1. The van der Waals surface area contributed by atoms with Crippen LogP contribution in [0.25, 0.3) is 10.8 Å². The van der Waals surface area contributed by atoms with Crippen molar-refractivity contribution in [3.63, 3.8) is 0 Å². The Kier molecular flexibility index (Phi) is 3.68. The van der Waals surface area contributed by atoms with Crippen LogP contribution in [0, 0.1) is 0 Å². The van der Waals surface area contributed by atoms with Gasteiger partial charge in [-0.1, -0.05) is 43.5 Å². The Morgan fingerprint density at radius 2 is 1.86 bits per heavy atom. The first-order valence-electron chi connectivity index (χ1n) is 7.14. The van der Waals surface area contributed by atoms with E-state index in [9.17, 15) is 14.7 Å². The van der Waals surface area contributed by atoms with Gasteiger partial charge in [-0.15, -0.1) is 11.3 Å². The highest BCUT2D eigenvalue weighted by Crippen LogP contribution is 2.31. The lowest BCUT2D eigenvalue weighted by Crippen LogP contribution is -2.55. The summed E-state index contributed by atoms with van der Waals surface area (Å²) in [6.07, 6.45) is 3.75. The quantitative estimate of drug-likeness (QED) is 0.913. The van der Waals surface area contributed by atoms with Crippen molar-refractivity contribution >= 4 is 34.0 Å². The van der Waals surface area contributed by atoms with E-state index in [1.165, 1.54) is 11.3 Å². The van der Waals surface area contributed by atoms with E-state index in [-0.39, 0.29) is 5.91 Å². The second-order valence-corrected chi connectivity index (χ2v) is 6.43. The lowest BCUT2D eigenvalue weighted by atomic mass is 9.81. The van der Waals surface area contributed by atoms with Gasteiger partial charge in [0.1, 0.15) is 5.54 Å². The van der Waals surface area contributed by atoms with Gasteiger partial charge in [0.15, 0.2) is 0 Å². The average Bonchev–Trinajstić information content (AvgIpc) is 2.92. The predicted molar refractivity (Wildman–Crippen MR) is 82.7 cm³/mol. The van der Waals surface area contributed by atoms with Gasteiger partial charge >= 0.3 is 5.97 Å². The zero-order valence-electron chi connectivity index (χ0n) is 11.6. The molecule has 2 aromatic rings. The molecule has 0 atom stereocenters. The van der Waals surface area contributed by atoms with E-state index in [0.29, 0.717) is 17.7 Å². The Balaban J connectivity index is 1.89. The third kappa shape index (κ3) is 2.53. The molecule has 1 aliphatic rings. The normalized spacial score (nSPS) is 17.5. The summed E-state index contributed by atoms with van der Waals surface area (Å²) in [4.78, 5) is 24.8. The summed E-state index contributed by atoms with van der Waals surface area (Å²) in [5.74, 6) is -1.19. The van der Waals surface area contributed by atoms with E-state index < -0.39 is 11.5 Å². The summed E-state index contributed by atoms with van der Waals surface area (Å²) in [5.41, 5.74) is -1.10. The summed E-state index contributed by atoms with van der Waals surface area (Å²) >= 11 is 1.36. The van der Waals surface area contributed by atoms with Crippen LogP contribution in [0.2, 0.25) is 0 Å². The zero-order valence-corrected chi connectivity index (χ0v) is 12.4. The largest absolute Gasteiger partial charge is 0.480 e. The number of rotatable bonds is 3. The summed E-state index contributed by atoms with van der Waals surface area (Å²) < 4.78 is 0. The van der Waals surface area contributed by atoms with Crippen molar-refractivity contribution in [3.05, 3.63) is 34.5 Å². The van der Waals surface area contributed by atoms with E-state index in [1.807, 2.05) is 29.6 Å². The highest BCUT2D eigenvalue weighted by atomic mass is 32.1. The molecule has 0 radical (unpaired) electrons. The number of carboxylic acid groups (broad SMARTS) is 1. The summed E-state index contributed by atoms with van der Waals surface area (Å²) in [6, 6.07) is 7.67. The minimum Gasteiger partial charge on any atom is -0.480 e. The molecule has 3 rings (SSSR count). The van der Waals surface area contributed by atoms with Gasteiger partial charge in [-0.25, -0.2) is 4.79 Å². The number of carboxylic acids is 1. The van der Waals surface area contributed by atoms with Gasteiger partial charge in [-0.2, -0.15) is 0 Å². The van der Waals surface area contributed by atoms with Crippen LogP contribution in [0.15, 0.2) is 29.6 Å². The smallest absolute Gasteiger partial charge is 0.329 e. The van der Waals surface area contributed by atoms with Gasteiger partial charge < -0.3 is 10.4 Å². The Bertz CT molecular complexity index is 686. The number of carbonyl (C=O) groups excluding carboxylic acids is 1. The van der Waals surface area contributed by atoms with Crippen LogP contribution in [0.1, 0.15) is 41.8 Å². The molecule has 1 saturated carbocycles. The number of aliphatic carboxylic acids is 1. The van der Waals surface area contributed by atoms with Gasteiger partial charge in [0.25, 0.3) is 5.91 Å². The van der Waals surface area contributed by atoms with Crippen LogP contribution in [0.3, 0.4) is 0 Å². The fourth-order valence-electron chi connectivity index (χ4n) is 2.99. The zero-order chi connectivity index (χ0) is 14.9. The molecular formula is C16H17NO3S. The van der Waals surface area contributed by atoms with E-state index in [0.717, 1.165) is 30.0 Å². The van der Waals surface area contributed by atoms with Crippen molar-refractivity contribution in [1.82, 2.24) is 5.32 Å². The number of hydrogen-bond acceptors (Lipinski definition) is 3. The molecule has 5 heteroatoms. The first-order valence-corrected chi connectivity index (χ1v) is 8.02. The Labute approximate surface area is 126 Å². The fraction of sp³-hybridized carbons (Fsp3) is 0.375. The lowest BCUT2D eigenvalue weighted by Gasteiger charge is -2.33. The van der Waals surface area contributed by atoms with Gasteiger partial charge in [0.05, 0.1) is 4.88 Å². The van der Waals surface area contributed by atoms with Crippen molar-refractivity contribution in [2.75, 3.05) is 0 Å². The van der Waals surface area contributed by atoms with E-state index >= 15 is 0 Å². The van der Waals surface area contributed by atoms with Crippen LogP contribution < -0.4 is 5.32 Å². The minimum atomic E-state index is -1.10. The van der Waals surface area contributed by atoms with Gasteiger partial charge in [-0.3, -0.25) is 4.79 Å². The van der Waals surface area contributed by atoms with Crippen LogP contribution in [-0.2, 0) is 4.79 Å². The highest BCUT2D eigenvalue weighted by molar-refractivity contribution is 7.13. The van der Waals surface area contributed by atoms with Crippen molar-refractivity contribution < 1.29 is 14.7 Å². The molecule has 1 heterocycles. The molecule has 1 aromatic carbocycles. The number of benzene rings is 1. The van der Waals surface area contributed by atoms with Crippen molar-refractivity contribution in [2.45, 2.75) is 37.6 Å². The van der Waals surface area contributed by atoms with Crippen LogP contribution in [-0.4, -0.2) is 22.5 Å². The third-order valence-corrected chi connectivity index (χ3v) is 5.20. The lowest BCUT2D eigenvalue weighted by molar-refractivity contribution is -0.145. The van der Waals surface area contributed by atoms with Crippen molar-refractivity contribution in [3.8, 4) is 0 Å². The standard InChI is InChI=1S/C16H17NO3S/c18-14(13-12-7-3-2-6-11(12)10-21-13)17-16(15(19)20)8-4-1-5-9-16/h2-3,6-7,10H,1,4-5,8-9H2,(H,17,18)(H,19,20). The van der Waals surface area contributed by atoms with E-state index in [1.54, 1.807) is 0 Å². The molecule has 0 unspecified atom stereocenters. The van der Waals surface area contributed by atoms with Crippen LogP contribution in [0.4, 0.5) is 0 Å². The summed E-state index contributed by atoms with van der Waals surface area (Å²) in [5, 5.41) is 16.2. The molecule has 4 nitrogen and oxygen atoms in total. The maximum absolute atomic E-state index is 12.5. The fourth-order valence-corrected chi connectivity index (χ4v) is 3.91. The average molecular weight is 303 g/mol. The molecule has 1 aromatic heterocycles. The number of amides is 1. The predicted octanol–water partition coefficient (Wildman–Crippen LogP) is 3.42. The number of thiophene rings is 1. The molecule has 1 aliphatic carbocycles. The van der Waals surface area contributed by atoms with Crippen molar-refractivity contribution in [2.24, 2.45) is 0 Å². The van der Waals surface area contributed by atoms with Gasteiger partial charge in [-0.05, 0) is 23.6 Å². The Hall–Kier alpha value is -1.88. The maximum Gasteiger partial charge on any atom is 0.329 e. The van der Waals surface area contributed by atoms with Gasteiger partial charge in [0.2, 0.25) is 0 Å². The molecule has 21 heavy (non-hydrogen) atoms. The van der Waals surface area contributed by atoms with Gasteiger partial charge in [0, 0.05) is 5.39 Å². The summed E-state index contributed by atoms with van der Waals surface area (Å²) in [6.45, 7) is 0. The van der Waals surface area contributed by atoms with Crippen LogP contribution in [0.5, 0.6) is 0 Å². The molecule has 110 valence electrons. The summed E-state index contributed by atoms with van der Waals surface area (Å²) in [7, 11) is 0. The third-order valence-electron chi connectivity index (χ3n) is 4.18. The van der Waals surface area contributed by atoms with Crippen LogP contribution >= 0.6 is 11.3 Å². The highest BCUT2D eigenvalue weighted by Gasteiger charge is 2.41. The first kappa shape index (κ1) is 14.1. The molecule has 2 N–H and O–H groups in total. The molecule has 1 fully saturated rings. The monoisotopic (exact) mass is 303 g/mol.